The Kier molecular flexibility index (Phi) is 4.27. The van der Waals surface area contributed by atoms with Gasteiger partial charge in [-0.25, -0.2) is 13.1 Å². The zero-order valence-electron chi connectivity index (χ0n) is 13.5. The van der Waals surface area contributed by atoms with E-state index >= 15 is 0 Å². The monoisotopic (exact) mass is 302 g/mol. The SMILES string of the molecule is CC(C)NCCS(=O)(=O)NC1C2(C)CCC(C2)C1(C)C. The van der Waals surface area contributed by atoms with Crippen LogP contribution in [0.5, 0.6) is 0 Å². The number of hydrogen-bond acceptors (Lipinski definition) is 3. The van der Waals surface area contributed by atoms with Crippen LogP contribution in [0.2, 0.25) is 0 Å². The number of sulfonamides is 1. The first-order chi connectivity index (χ1) is 9.07. The fourth-order valence-electron chi connectivity index (χ4n) is 4.32. The minimum Gasteiger partial charge on any atom is -0.313 e. The molecule has 2 aliphatic rings. The summed E-state index contributed by atoms with van der Waals surface area (Å²) in [6.07, 6.45) is 3.56. The van der Waals surface area contributed by atoms with Crippen molar-refractivity contribution in [2.24, 2.45) is 16.7 Å². The third-order valence-corrected chi connectivity index (χ3v) is 6.83. The summed E-state index contributed by atoms with van der Waals surface area (Å²) in [7, 11) is -3.20. The third-order valence-electron chi connectivity index (χ3n) is 5.49. The molecular formula is C15H30N2O2S. The summed E-state index contributed by atoms with van der Waals surface area (Å²) < 4.78 is 27.7. The molecule has 118 valence electrons. The smallest absolute Gasteiger partial charge is 0.213 e. The molecule has 2 N–H and O–H groups in total. The van der Waals surface area contributed by atoms with Gasteiger partial charge in [0.05, 0.1) is 5.75 Å². The number of fused-ring (bicyclic) bond motifs is 2. The molecule has 0 saturated heterocycles. The molecule has 2 saturated carbocycles. The van der Waals surface area contributed by atoms with E-state index in [0.29, 0.717) is 18.5 Å². The van der Waals surface area contributed by atoms with Gasteiger partial charge in [0.25, 0.3) is 0 Å². The van der Waals surface area contributed by atoms with Crippen LogP contribution < -0.4 is 10.0 Å². The molecule has 0 aromatic heterocycles. The van der Waals surface area contributed by atoms with Crippen LogP contribution in [-0.4, -0.2) is 32.8 Å². The molecule has 2 aliphatic carbocycles. The lowest BCUT2D eigenvalue weighted by Crippen LogP contribution is -2.53. The Balaban J connectivity index is 2.02. The van der Waals surface area contributed by atoms with E-state index in [1.807, 2.05) is 13.8 Å². The van der Waals surface area contributed by atoms with Gasteiger partial charge in [0.2, 0.25) is 10.0 Å². The summed E-state index contributed by atoms with van der Waals surface area (Å²) in [5.41, 5.74) is 0.220. The van der Waals surface area contributed by atoms with Crippen molar-refractivity contribution >= 4 is 10.0 Å². The first-order valence-corrected chi connectivity index (χ1v) is 9.45. The van der Waals surface area contributed by atoms with Crippen LogP contribution in [-0.2, 0) is 10.0 Å². The van der Waals surface area contributed by atoms with Crippen LogP contribution in [0.4, 0.5) is 0 Å². The zero-order valence-corrected chi connectivity index (χ0v) is 14.3. The molecule has 0 spiro atoms. The summed E-state index contributed by atoms with van der Waals surface area (Å²) in [6.45, 7) is 11.3. The van der Waals surface area contributed by atoms with Crippen LogP contribution in [0.15, 0.2) is 0 Å². The quantitative estimate of drug-likeness (QED) is 0.790. The minimum absolute atomic E-state index is 0.0749. The van der Waals surface area contributed by atoms with Crippen molar-refractivity contribution in [2.75, 3.05) is 12.3 Å². The molecule has 0 aromatic carbocycles. The van der Waals surface area contributed by atoms with Crippen molar-refractivity contribution in [3.63, 3.8) is 0 Å². The fourth-order valence-corrected chi connectivity index (χ4v) is 5.77. The van der Waals surface area contributed by atoms with E-state index in [1.165, 1.54) is 6.42 Å². The van der Waals surface area contributed by atoms with E-state index in [1.54, 1.807) is 0 Å². The van der Waals surface area contributed by atoms with E-state index in [2.05, 4.69) is 30.8 Å². The van der Waals surface area contributed by atoms with E-state index in [0.717, 1.165) is 12.8 Å². The second-order valence-corrected chi connectivity index (χ2v) is 9.77. The number of hydrogen-bond donors (Lipinski definition) is 2. The van der Waals surface area contributed by atoms with Gasteiger partial charge in [-0.05, 0) is 36.0 Å². The highest BCUT2D eigenvalue weighted by molar-refractivity contribution is 7.89. The van der Waals surface area contributed by atoms with Crippen LogP contribution >= 0.6 is 0 Å². The van der Waals surface area contributed by atoms with Crippen LogP contribution in [0.1, 0.15) is 53.9 Å². The highest BCUT2D eigenvalue weighted by Crippen LogP contribution is 2.62. The zero-order chi connectivity index (χ0) is 15.2. The normalized spacial score (nSPS) is 35.9. The van der Waals surface area contributed by atoms with Gasteiger partial charge in [-0.1, -0.05) is 34.6 Å². The first kappa shape index (κ1) is 16.2. The molecule has 0 aliphatic heterocycles. The molecule has 2 rings (SSSR count). The molecule has 0 aromatic rings. The Morgan fingerprint density at radius 1 is 1.25 bits per heavy atom. The van der Waals surface area contributed by atoms with Gasteiger partial charge in [-0.2, -0.15) is 0 Å². The van der Waals surface area contributed by atoms with E-state index in [9.17, 15) is 8.42 Å². The molecule has 5 heteroatoms. The Morgan fingerprint density at radius 3 is 2.40 bits per heavy atom. The summed E-state index contributed by atoms with van der Waals surface area (Å²) in [5, 5.41) is 3.17. The number of rotatable bonds is 6. The lowest BCUT2D eigenvalue weighted by Gasteiger charge is -2.42. The van der Waals surface area contributed by atoms with Gasteiger partial charge < -0.3 is 5.32 Å². The maximum atomic E-state index is 12.3. The Morgan fingerprint density at radius 2 is 1.90 bits per heavy atom. The molecule has 4 nitrogen and oxygen atoms in total. The summed E-state index contributed by atoms with van der Waals surface area (Å²) in [6, 6.07) is 0.402. The summed E-state index contributed by atoms with van der Waals surface area (Å²) in [4.78, 5) is 0. The minimum atomic E-state index is -3.20. The van der Waals surface area contributed by atoms with Crippen LogP contribution in [0, 0.1) is 16.7 Å². The average molecular weight is 302 g/mol. The molecule has 0 amide bonds. The Hall–Kier alpha value is -0.130. The molecule has 0 radical (unpaired) electrons. The van der Waals surface area contributed by atoms with Gasteiger partial charge in [-0.15, -0.1) is 0 Å². The van der Waals surface area contributed by atoms with E-state index in [-0.39, 0.29) is 22.6 Å². The van der Waals surface area contributed by atoms with Gasteiger partial charge in [-0.3, -0.25) is 0 Å². The second kappa shape index (κ2) is 5.25. The van der Waals surface area contributed by atoms with Crippen LogP contribution in [0.3, 0.4) is 0 Å². The van der Waals surface area contributed by atoms with Crippen molar-refractivity contribution in [1.82, 2.24) is 10.0 Å². The van der Waals surface area contributed by atoms with Gasteiger partial charge in [0.15, 0.2) is 0 Å². The molecule has 2 bridgehead atoms. The molecule has 20 heavy (non-hydrogen) atoms. The van der Waals surface area contributed by atoms with Gasteiger partial charge >= 0.3 is 0 Å². The third kappa shape index (κ3) is 3.04. The largest absolute Gasteiger partial charge is 0.313 e. The predicted molar refractivity (Wildman–Crippen MR) is 83.1 cm³/mol. The summed E-state index contributed by atoms with van der Waals surface area (Å²) >= 11 is 0. The highest BCUT2D eigenvalue weighted by atomic mass is 32.2. The van der Waals surface area contributed by atoms with Crippen LogP contribution in [0.25, 0.3) is 0 Å². The molecule has 3 unspecified atom stereocenters. The second-order valence-electron chi connectivity index (χ2n) is 7.89. The molecule has 2 fully saturated rings. The van der Waals surface area contributed by atoms with Gasteiger partial charge in [0.1, 0.15) is 0 Å². The van der Waals surface area contributed by atoms with Gasteiger partial charge in [0, 0.05) is 18.6 Å². The fraction of sp³-hybridized carbons (Fsp3) is 1.00. The lowest BCUT2D eigenvalue weighted by molar-refractivity contribution is 0.127. The molecule has 3 atom stereocenters. The Bertz CT molecular complexity index is 454. The van der Waals surface area contributed by atoms with E-state index < -0.39 is 10.0 Å². The first-order valence-electron chi connectivity index (χ1n) is 7.80. The maximum absolute atomic E-state index is 12.3. The van der Waals surface area contributed by atoms with Crippen molar-refractivity contribution < 1.29 is 8.42 Å². The lowest BCUT2D eigenvalue weighted by atomic mass is 9.69. The van der Waals surface area contributed by atoms with Crippen molar-refractivity contribution in [3.05, 3.63) is 0 Å². The standard InChI is InChI=1S/C15H30N2O2S/c1-11(2)16-8-9-20(18,19)17-13-14(3,4)12-6-7-15(13,5)10-12/h11-13,16-17H,6-10H2,1-5H3. The topological polar surface area (TPSA) is 58.2 Å². The molecular weight excluding hydrogens is 272 g/mol. The maximum Gasteiger partial charge on any atom is 0.213 e. The highest BCUT2D eigenvalue weighted by Gasteiger charge is 2.60. The van der Waals surface area contributed by atoms with Crippen molar-refractivity contribution in [3.8, 4) is 0 Å². The summed E-state index contributed by atoms with van der Waals surface area (Å²) in [5.74, 6) is 0.826. The van der Waals surface area contributed by atoms with E-state index in [4.69, 9.17) is 0 Å². The average Bonchev–Trinajstić information content (AvgIpc) is 2.75. The predicted octanol–water partition coefficient (Wildman–Crippen LogP) is 2.12. The molecule has 0 heterocycles. The van der Waals surface area contributed by atoms with Crippen molar-refractivity contribution in [1.29, 1.82) is 0 Å². The number of nitrogens with one attached hydrogen (secondary N) is 2. The Labute approximate surface area is 124 Å². The van der Waals surface area contributed by atoms with Crippen molar-refractivity contribution in [2.45, 2.75) is 66.0 Å².